The Kier molecular flexibility index (Phi) is 3.72. The van der Waals surface area contributed by atoms with Crippen LogP contribution in [0.5, 0.6) is 0 Å². The van der Waals surface area contributed by atoms with Gasteiger partial charge in [0.05, 0.1) is 5.52 Å². The predicted molar refractivity (Wildman–Crippen MR) is 79.7 cm³/mol. The van der Waals surface area contributed by atoms with Gasteiger partial charge in [0, 0.05) is 11.1 Å². The number of nitrogens with zero attached hydrogens (tertiary/aromatic N) is 2. The molecule has 1 heterocycles. The van der Waals surface area contributed by atoms with E-state index in [1.165, 1.54) is 19.3 Å². The van der Waals surface area contributed by atoms with Crippen molar-refractivity contribution in [1.29, 1.82) is 0 Å². The molecule has 1 aromatic carbocycles. The highest BCUT2D eigenvalue weighted by Crippen LogP contribution is 2.14. The summed E-state index contributed by atoms with van der Waals surface area (Å²) < 4.78 is 0. The van der Waals surface area contributed by atoms with Crippen molar-refractivity contribution in [2.45, 2.75) is 32.1 Å². The van der Waals surface area contributed by atoms with E-state index >= 15 is 0 Å². The van der Waals surface area contributed by atoms with E-state index in [4.69, 9.17) is 0 Å². The quantitative estimate of drug-likeness (QED) is 0.849. The third-order valence-corrected chi connectivity index (χ3v) is 3.58. The van der Waals surface area contributed by atoms with Gasteiger partial charge >= 0.3 is 0 Å². The number of carbonyl (C=O) groups is 1. The molecule has 1 saturated carbocycles. The Balaban J connectivity index is 1.75. The first-order valence-corrected chi connectivity index (χ1v) is 7.04. The number of nitrogens with one attached hydrogen (secondary N) is 1. The predicted octanol–water partition coefficient (Wildman–Crippen LogP) is 3.28. The van der Waals surface area contributed by atoms with Crippen LogP contribution in [-0.2, 0) is 0 Å². The van der Waals surface area contributed by atoms with Crippen LogP contribution in [-0.4, -0.2) is 16.6 Å². The van der Waals surface area contributed by atoms with E-state index in [1.54, 1.807) is 6.07 Å². The summed E-state index contributed by atoms with van der Waals surface area (Å²) in [5, 5.41) is 5.25. The molecule has 3 rings (SSSR count). The zero-order chi connectivity index (χ0) is 13.8. The van der Waals surface area contributed by atoms with Gasteiger partial charge in [-0.2, -0.15) is 5.10 Å². The minimum atomic E-state index is -0.242. The summed E-state index contributed by atoms with van der Waals surface area (Å²) in [6, 6.07) is 11.4. The number of aromatic nitrogens is 1. The summed E-state index contributed by atoms with van der Waals surface area (Å²) in [6.07, 6.45) is 5.59. The second kappa shape index (κ2) is 5.82. The molecule has 1 amide bonds. The molecule has 0 unspecified atom stereocenters. The molecule has 2 aromatic rings. The first-order valence-electron chi connectivity index (χ1n) is 7.04. The zero-order valence-electron chi connectivity index (χ0n) is 11.3. The Labute approximate surface area is 117 Å². The fourth-order valence-corrected chi connectivity index (χ4v) is 2.45. The molecule has 1 aromatic heterocycles. The molecule has 4 heteroatoms. The Hall–Kier alpha value is -2.23. The van der Waals surface area contributed by atoms with E-state index in [2.05, 4.69) is 15.5 Å². The summed E-state index contributed by atoms with van der Waals surface area (Å²) in [5.41, 5.74) is 4.94. The minimum absolute atomic E-state index is 0.242. The van der Waals surface area contributed by atoms with Gasteiger partial charge in [0.2, 0.25) is 0 Å². The number of fused-ring (bicyclic) bond motifs is 1. The van der Waals surface area contributed by atoms with Crippen LogP contribution in [0, 0.1) is 0 Å². The highest BCUT2D eigenvalue weighted by molar-refractivity contribution is 5.96. The Morgan fingerprint density at radius 2 is 1.85 bits per heavy atom. The zero-order valence-corrected chi connectivity index (χ0v) is 11.3. The molecule has 0 bridgehead atoms. The number of hydrogen-bond acceptors (Lipinski definition) is 3. The molecular weight excluding hydrogens is 250 g/mol. The van der Waals surface area contributed by atoms with Crippen molar-refractivity contribution in [2.75, 3.05) is 0 Å². The van der Waals surface area contributed by atoms with Gasteiger partial charge < -0.3 is 0 Å². The van der Waals surface area contributed by atoms with E-state index in [0.717, 1.165) is 29.5 Å². The first kappa shape index (κ1) is 12.8. The maximum absolute atomic E-state index is 12.1. The molecule has 1 aliphatic carbocycles. The van der Waals surface area contributed by atoms with Crippen LogP contribution in [0.25, 0.3) is 10.9 Å². The van der Waals surface area contributed by atoms with Crippen molar-refractivity contribution in [3.05, 3.63) is 42.1 Å². The van der Waals surface area contributed by atoms with Gasteiger partial charge in [-0.05, 0) is 37.8 Å². The van der Waals surface area contributed by atoms with E-state index in [-0.39, 0.29) is 5.91 Å². The largest absolute Gasteiger partial charge is 0.289 e. The number of benzene rings is 1. The Morgan fingerprint density at radius 1 is 1.05 bits per heavy atom. The lowest BCUT2D eigenvalue weighted by Gasteiger charge is -2.11. The fraction of sp³-hybridized carbons (Fsp3) is 0.312. The molecule has 20 heavy (non-hydrogen) atoms. The number of hydrazone groups is 1. The van der Waals surface area contributed by atoms with Crippen LogP contribution in [0.1, 0.15) is 42.6 Å². The fourth-order valence-electron chi connectivity index (χ4n) is 2.45. The van der Waals surface area contributed by atoms with Gasteiger partial charge in [-0.1, -0.05) is 30.7 Å². The highest BCUT2D eigenvalue weighted by Gasteiger charge is 2.10. The summed E-state index contributed by atoms with van der Waals surface area (Å²) in [7, 11) is 0. The van der Waals surface area contributed by atoms with Crippen molar-refractivity contribution in [2.24, 2.45) is 5.10 Å². The maximum Gasteiger partial charge on any atom is 0.289 e. The van der Waals surface area contributed by atoms with Crippen LogP contribution in [0.2, 0.25) is 0 Å². The minimum Gasteiger partial charge on any atom is -0.266 e. The summed E-state index contributed by atoms with van der Waals surface area (Å²) in [5.74, 6) is -0.242. The number of rotatable bonds is 2. The molecule has 1 N–H and O–H groups in total. The van der Waals surface area contributed by atoms with Crippen LogP contribution >= 0.6 is 0 Å². The second-order valence-electron chi connectivity index (χ2n) is 5.07. The van der Waals surface area contributed by atoms with Crippen LogP contribution < -0.4 is 5.43 Å². The summed E-state index contributed by atoms with van der Waals surface area (Å²) >= 11 is 0. The van der Waals surface area contributed by atoms with Crippen molar-refractivity contribution in [1.82, 2.24) is 10.4 Å². The standard InChI is InChI=1S/C16H17N3O/c20-16(19-18-13-7-2-1-3-8-13)15-11-10-12-6-4-5-9-14(12)17-15/h4-6,9-11H,1-3,7-8H2,(H,19,20). The van der Waals surface area contributed by atoms with Crippen molar-refractivity contribution in [3.63, 3.8) is 0 Å². The molecule has 0 atom stereocenters. The summed E-state index contributed by atoms with van der Waals surface area (Å²) in [6.45, 7) is 0. The van der Waals surface area contributed by atoms with Gasteiger partial charge in [0.15, 0.2) is 0 Å². The molecule has 4 nitrogen and oxygen atoms in total. The van der Waals surface area contributed by atoms with Gasteiger partial charge in [0.25, 0.3) is 5.91 Å². The number of amides is 1. The SMILES string of the molecule is O=C(NN=C1CCCCC1)c1ccc2ccccc2n1. The molecule has 102 valence electrons. The van der Waals surface area contributed by atoms with Gasteiger partial charge in [0.1, 0.15) is 5.69 Å². The average Bonchev–Trinajstić information content (AvgIpc) is 2.53. The van der Waals surface area contributed by atoms with Crippen molar-refractivity contribution >= 4 is 22.5 Å². The molecular formula is C16H17N3O. The van der Waals surface area contributed by atoms with E-state index in [0.29, 0.717) is 5.69 Å². The smallest absolute Gasteiger partial charge is 0.266 e. The highest BCUT2D eigenvalue weighted by atomic mass is 16.2. The first-order chi connectivity index (χ1) is 9.83. The second-order valence-corrected chi connectivity index (χ2v) is 5.07. The van der Waals surface area contributed by atoms with E-state index in [9.17, 15) is 4.79 Å². The lowest BCUT2D eigenvalue weighted by atomic mass is 9.99. The molecule has 0 spiro atoms. The maximum atomic E-state index is 12.1. The van der Waals surface area contributed by atoms with Gasteiger partial charge in [-0.3, -0.25) is 4.79 Å². The third-order valence-electron chi connectivity index (χ3n) is 3.58. The average molecular weight is 267 g/mol. The van der Waals surface area contributed by atoms with Crippen molar-refractivity contribution in [3.8, 4) is 0 Å². The van der Waals surface area contributed by atoms with E-state index in [1.807, 2.05) is 30.3 Å². The third kappa shape index (κ3) is 2.85. The Bertz CT molecular complexity index is 656. The molecule has 1 aliphatic rings. The molecule has 0 aliphatic heterocycles. The number of para-hydroxylation sites is 1. The lowest BCUT2D eigenvalue weighted by Crippen LogP contribution is -2.21. The lowest BCUT2D eigenvalue weighted by molar-refractivity contribution is 0.0950. The molecule has 0 radical (unpaired) electrons. The molecule has 0 saturated heterocycles. The van der Waals surface area contributed by atoms with Crippen LogP contribution in [0.15, 0.2) is 41.5 Å². The topological polar surface area (TPSA) is 54.4 Å². The van der Waals surface area contributed by atoms with E-state index < -0.39 is 0 Å². The number of carbonyl (C=O) groups excluding carboxylic acids is 1. The number of hydrogen-bond donors (Lipinski definition) is 1. The molecule has 1 fully saturated rings. The van der Waals surface area contributed by atoms with Crippen LogP contribution in [0.3, 0.4) is 0 Å². The summed E-state index contributed by atoms with van der Waals surface area (Å²) in [4.78, 5) is 16.4. The van der Waals surface area contributed by atoms with Gasteiger partial charge in [-0.25, -0.2) is 10.4 Å². The normalized spacial score (nSPS) is 15.1. The number of pyridine rings is 1. The Morgan fingerprint density at radius 3 is 2.70 bits per heavy atom. The van der Waals surface area contributed by atoms with Crippen molar-refractivity contribution < 1.29 is 4.79 Å². The monoisotopic (exact) mass is 267 g/mol. The van der Waals surface area contributed by atoms with Crippen LogP contribution in [0.4, 0.5) is 0 Å². The van der Waals surface area contributed by atoms with Gasteiger partial charge in [-0.15, -0.1) is 0 Å².